The van der Waals surface area contributed by atoms with Crippen LogP contribution in [0.4, 0.5) is 4.79 Å². The van der Waals surface area contributed by atoms with E-state index in [0.717, 1.165) is 11.8 Å². The Hall–Kier alpha value is -0.970. The third kappa shape index (κ3) is 2.48. The zero-order valence-electron chi connectivity index (χ0n) is 7.36. The molecular formula is C8H11NO3S. The van der Waals surface area contributed by atoms with Crippen molar-refractivity contribution in [1.29, 1.82) is 0 Å². The van der Waals surface area contributed by atoms with Crippen molar-refractivity contribution in [3.05, 3.63) is 12.7 Å². The topological polar surface area (TPSA) is 46.6 Å². The molecule has 0 spiro atoms. The third-order valence-electron chi connectivity index (χ3n) is 1.68. The van der Waals surface area contributed by atoms with Crippen molar-refractivity contribution in [3.63, 3.8) is 0 Å². The first-order valence-electron chi connectivity index (χ1n) is 3.91. The monoisotopic (exact) mass is 201 g/mol. The van der Waals surface area contributed by atoms with E-state index in [0.29, 0.717) is 6.54 Å². The standard InChI is InChI=1S/C8H11NO3S/c1-3-7(10)12-6(2)9-4-5-13-8(9)11/h3,6H,1,4-5H2,2H3. The summed E-state index contributed by atoms with van der Waals surface area (Å²) in [6.45, 7) is 5.58. The van der Waals surface area contributed by atoms with Crippen LogP contribution in [0.25, 0.3) is 0 Å². The highest BCUT2D eigenvalue weighted by molar-refractivity contribution is 8.13. The van der Waals surface area contributed by atoms with Crippen molar-refractivity contribution in [2.45, 2.75) is 13.2 Å². The molecule has 0 saturated carbocycles. The highest BCUT2D eigenvalue weighted by Gasteiger charge is 2.27. The fraction of sp³-hybridized carbons (Fsp3) is 0.500. The molecule has 5 heteroatoms. The maximum Gasteiger partial charge on any atom is 0.332 e. The summed E-state index contributed by atoms with van der Waals surface area (Å²) >= 11 is 1.24. The van der Waals surface area contributed by atoms with Crippen molar-refractivity contribution in [2.24, 2.45) is 0 Å². The molecule has 1 saturated heterocycles. The zero-order chi connectivity index (χ0) is 9.84. The van der Waals surface area contributed by atoms with Crippen LogP contribution in [0.3, 0.4) is 0 Å². The molecule has 1 fully saturated rings. The fourth-order valence-corrected chi connectivity index (χ4v) is 1.88. The second-order valence-electron chi connectivity index (χ2n) is 2.55. The van der Waals surface area contributed by atoms with Crippen molar-refractivity contribution in [3.8, 4) is 0 Å². The number of hydrogen-bond donors (Lipinski definition) is 0. The average molecular weight is 201 g/mol. The number of rotatable bonds is 3. The number of carbonyl (C=O) groups excluding carboxylic acids is 2. The number of nitrogens with zero attached hydrogens (tertiary/aromatic N) is 1. The van der Waals surface area contributed by atoms with Crippen molar-refractivity contribution >= 4 is 23.0 Å². The van der Waals surface area contributed by atoms with Crippen LogP contribution >= 0.6 is 11.8 Å². The molecule has 0 radical (unpaired) electrons. The van der Waals surface area contributed by atoms with Gasteiger partial charge in [-0.15, -0.1) is 0 Å². The lowest BCUT2D eigenvalue weighted by atomic mass is 10.5. The predicted molar refractivity (Wildman–Crippen MR) is 50.3 cm³/mol. The van der Waals surface area contributed by atoms with E-state index < -0.39 is 12.2 Å². The normalized spacial score (nSPS) is 18.5. The van der Waals surface area contributed by atoms with Crippen LogP contribution in [0.5, 0.6) is 0 Å². The Morgan fingerprint density at radius 1 is 1.85 bits per heavy atom. The first-order chi connectivity index (χ1) is 6.15. The Bertz CT molecular complexity index is 242. The van der Waals surface area contributed by atoms with Gasteiger partial charge in [0.15, 0.2) is 6.23 Å². The number of esters is 1. The first-order valence-corrected chi connectivity index (χ1v) is 4.90. The van der Waals surface area contributed by atoms with Gasteiger partial charge in [0.2, 0.25) is 0 Å². The van der Waals surface area contributed by atoms with Gasteiger partial charge >= 0.3 is 5.97 Å². The second kappa shape index (κ2) is 4.32. The Labute approximate surface area is 80.9 Å². The molecule has 1 unspecified atom stereocenters. The zero-order valence-corrected chi connectivity index (χ0v) is 8.17. The largest absolute Gasteiger partial charge is 0.439 e. The van der Waals surface area contributed by atoms with E-state index in [4.69, 9.17) is 4.74 Å². The maximum atomic E-state index is 11.2. The maximum absolute atomic E-state index is 11.2. The lowest BCUT2D eigenvalue weighted by molar-refractivity contribution is -0.148. The second-order valence-corrected chi connectivity index (χ2v) is 3.59. The van der Waals surface area contributed by atoms with Crippen molar-refractivity contribution in [1.82, 2.24) is 4.90 Å². The van der Waals surface area contributed by atoms with Gasteiger partial charge in [0.25, 0.3) is 5.24 Å². The summed E-state index contributed by atoms with van der Waals surface area (Å²) in [5, 5.41) is -0.0376. The highest BCUT2D eigenvalue weighted by atomic mass is 32.2. The summed E-state index contributed by atoms with van der Waals surface area (Å²) < 4.78 is 4.89. The Morgan fingerprint density at radius 3 is 3.00 bits per heavy atom. The molecule has 72 valence electrons. The first kappa shape index (κ1) is 10.1. The summed E-state index contributed by atoms with van der Waals surface area (Å²) in [6, 6.07) is 0. The summed E-state index contributed by atoms with van der Waals surface area (Å²) in [5.41, 5.74) is 0. The van der Waals surface area contributed by atoms with E-state index >= 15 is 0 Å². The van der Waals surface area contributed by atoms with Crippen LogP contribution < -0.4 is 0 Å². The van der Waals surface area contributed by atoms with Gasteiger partial charge < -0.3 is 4.74 Å². The van der Waals surface area contributed by atoms with Gasteiger partial charge in [-0.2, -0.15) is 0 Å². The lowest BCUT2D eigenvalue weighted by Crippen LogP contribution is -2.36. The molecule has 1 aliphatic heterocycles. The van der Waals surface area contributed by atoms with E-state index in [1.54, 1.807) is 6.92 Å². The Balaban J connectivity index is 2.47. The quantitative estimate of drug-likeness (QED) is 0.509. The molecule has 0 aromatic rings. The van der Waals surface area contributed by atoms with Gasteiger partial charge in [-0.25, -0.2) is 4.79 Å². The number of hydrogen-bond acceptors (Lipinski definition) is 4. The van der Waals surface area contributed by atoms with E-state index in [1.165, 1.54) is 16.7 Å². The molecule has 0 aliphatic carbocycles. The minimum Gasteiger partial charge on any atom is -0.439 e. The average Bonchev–Trinajstić information content (AvgIpc) is 2.51. The number of thioether (sulfide) groups is 1. The number of ether oxygens (including phenoxy) is 1. The van der Waals surface area contributed by atoms with Crippen LogP contribution in [0.1, 0.15) is 6.92 Å². The van der Waals surface area contributed by atoms with E-state index in [1.807, 2.05) is 0 Å². The van der Waals surface area contributed by atoms with Crippen LogP contribution in [0, 0.1) is 0 Å². The highest BCUT2D eigenvalue weighted by Crippen LogP contribution is 2.20. The molecule has 0 bridgehead atoms. The van der Waals surface area contributed by atoms with Crippen LogP contribution in [-0.2, 0) is 9.53 Å². The number of carbonyl (C=O) groups is 2. The van der Waals surface area contributed by atoms with E-state index in [9.17, 15) is 9.59 Å². The van der Waals surface area contributed by atoms with Gasteiger partial charge in [0.05, 0.1) is 0 Å². The van der Waals surface area contributed by atoms with E-state index in [2.05, 4.69) is 6.58 Å². The Kier molecular flexibility index (Phi) is 3.36. The van der Waals surface area contributed by atoms with Crippen molar-refractivity contribution < 1.29 is 14.3 Å². The fourth-order valence-electron chi connectivity index (χ4n) is 1.02. The third-order valence-corrected chi connectivity index (χ3v) is 2.55. The molecular weight excluding hydrogens is 190 g/mol. The molecule has 1 heterocycles. The minimum absolute atomic E-state index is 0.0376. The number of amides is 1. The molecule has 1 rings (SSSR count). The van der Waals surface area contributed by atoms with E-state index in [-0.39, 0.29) is 5.24 Å². The summed E-state index contributed by atoms with van der Waals surface area (Å²) in [4.78, 5) is 23.5. The molecule has 1 amide bonds. The van der Waals surface area contributed by atoms with Gasteiger partial charge in [-0.05, 0) is 6.92 Å². The van der Waals surface area contributed by atoms with Gasteiger partial charge in [-0.1, -0.05) is 18.3 Å². The SMILES string of the molecule is C=CC(=O)OC(C)N1CCSC1=O. The van der Waals surface area contributed by atoms with Crippen LogP contribution in [0.2, 0.25) is 0 Å². The van der Waals surface area contributed by atoms with Gasteiger partial charge in [-0.3, -0.25) is 9.69 Å². The predicted octanol–water partition coefficient (Wildman–Crippen LogP) is 1.23. The van der Waals surface area contributed by atoms with Crippen LogP contribution in [-0.4, -0.2) is 34.6 Å². The summed E-state index contributed by atoms with van der Waals surface area (Å²) in [5.74, 6) is 0.256. The van der Waals surface area contributed by atoms with Gasteiger partial charge in [0.1, 0.15) is 0 Å². The molecule has 0 N–H and O–H groups in total. The molecule has 4 nitrogen and oxygen atoms in total. The van der Waals surface area contributed by atoms with Crippen molar-refractivity contribution in [2.75, 3.05) is 12.3 Å². The Morgan fingerprint density at radius 2 is 2.54 bits per heavy atom. The van der Waals surface area contributed by atoms with Crippen LogP contribution in [0.15, 0.2) is 12.7 Å². The molecule has 0 aromatic carbocycles. The lowest BCUT2D eigenvalue weighted by Gasteiger charge is -2.22. The smallest absolute Gasteiger partial charge is 0.332 e. The molecule has 1 aliphatic rings. The molecule has 1 atom stereocenters. The summed E-state index contributed by atoms with van der Waals surface area (Å²) in [7, 11) is 0. The molecule has 13 heavy (non-hydrogen) atoms. The summed E-state index contributed by atoms with van der Waals surface area (Å²) in [6.07, 6.45) is 0.595. The minimum atomic E-state index is -0.503. The van der Waals surface area contributed by atoms with Gasteiger partial charge in [0, 0.05) is 18.4 Å². The molecule has 0 aromatic heterocycles.